The number of nitrogens with two attached hydrogens (primary N) is 1. The molecule has 1 aromatic heterocycles. The molecule has 1 aliphatic rings. The average Bonchev–Trinajstić information content (AvgIpc) is 3.37. The van der Waals surface area contributed by atoms with Crippen LogP contribution in [0.25, 0.3) is 10.9 Å². The third-order valence-electron chi connectivity index (χ3n) is 5.10. The Morgan fingerprint density at radius 2 is 1.75 bits per heavy atom. The summed E-state index contributed by atoms with van der Waals surface area (Å²) in [4.78, 5) is 3.28. The number of unbranched alkanes of at least 4 members (excludes halogenated alkanes) is 7. The lowest BCUT2D eigenvalue weighted by Gasteiger charge is -2.08. The van der Waals surface area contributed by atoms with E-state index >= 15 is 0 Å². The molecule has 0 aliphatic heterocycles. The second-order valence-corrected chi connectivity index (χ2v) is 7.24. The Morgan fingerprint density at radius 3 is 2.46 bits per heavy atom. The Bertz CT molecular complexity index is 643. The van der Waals surface area contributed by atoms with Gasteiger partial charge in [-0.05, 0) is 36.8 Å². The van der Waals surface area contributed by atoms with Crippen LogP contribution in [0.5, 0.6) is 5.75 Å². The molecule has 1 aromatic carbocycles. The Hall–Kier alpha value is -1.64. The lowest BCUT2D eigenvalue weighted by atomic mass is 10.1. The molecule has 3 nitrogen and oxygen atoms in total. The number of hydrogen-bond acceptors (Lipinski definition) is 2. The third-order valence-corrected chi connectivity index (χ3v) is 5.10. The van der Waals surface area contributed by atoms with Crippen LogP contribution in [0.15, 0.2) is 18.2 Å². The van der Waals surface area contributed by atoms with Gasteiger partial charge in [-0.1, -0.05) is 64.0 Å². The van der Waals surface area contributed by atoms with Crippen molar-refractivity contribution in [1.82, 2.24) is 4.98 Å². The van der Waals surface area contributed by atoms with Gasteiger partial charge in [0.1, 0.15) is 5.82 Å². The average molecular weight is 329 g/mol. The van der Waals surface area contributed by atoms with Gasteiger partial charge in [-0.15, -0.1) is 0 Å². The van der Waals surface area contributed by atoms with Crippen LogP contribution in [-0.4, -0.2) is 11.6 Å². The molecule has 0 saturated heterocycles. The van der Waals surface area contributed by atoms with Crippen LogP contribution in [0.1, 0.15) is 82.6 Å². The fraction of sp³-hybridized carbons (Fsp3) is 0.619. The maximum Gasteiger partial charge on any atom is 0.168 e. The molecule has 0 bridgehead atoms. The molecule has 0 amide bonds. The first-order valence-electron chi connectivity index (χ1n) is 9.84. The molecule has 132 valence electrons. The van der Waals surface area contributed by atoms with Crippen LogP contribution in [0, 0.1) is 0 Å². The number of aromatic nitrogens is 1. The van der Waals surface area contributed by atoms with Gasteiger partial charge < -0.3 is 15.5 Å². The number of benzene rings is 1. The number of fused-ring (bicyclic) bond motifs is 1. The van der Waals surface area contributed by atoms with E-state index in [1.807, 2.05) is 0 Å². The molecule has 2 aromatic rings. The summed E-state index contributed by atoms with van der Waals surface area (Å²) in [6.07, 6.45) is 13.1. The number of nitrogen functional groups attached to an aromatic ring is 1. The van der Waals surface area contributed by atoms with Crippen LogP contribution in [0.3, 0.4) is 0 Å². The van der Waals surface area contributed by atoms with Gasteiger partial charge in [-0.2, -0.15) is 0 Å². The number of nitrogens with one attached hydrogen (secondary N) is 1. The highest BCUT2D eigenvalue weighted by Gasteiger charge is 2.27. The fourth-order valence-corrected chi connectivity index (χ4v) is 3.56. The minimum atomic E-state index is 0.678. The lowest BCUT2D eigenvalue weighted by Crippen LogP contribution is -2.00. The highest BCUT2D eigenvalue weighted by molar-refractivity contribution is 5.95. The summed E-state index contributed by atoms with van der Waals surface area (Å²) in [6.45, 7) is 3.04. The van der Waals surface area contributed by atoms with Crippen molar-refractivity contribution in [3.8, 4) is 5.75 Å². The summed E-state index contributed by atoms with van der Waals surface area (Å²) in [5, 5.41) is 1.22. The highest BCUT2D eigenvalue weighted by Crippen LogP contribution is 2.46. The number of H-pyrrole nitrogens is 1. The molecule has 24 heavy (non-hydrogen) atoms. The van der Waals surface area contributed by atoms with E-state index < -0.39 is 0 Å². The number of aromatic amines is 1. The monoisotopic (exact) mass is 328 g/mol. The standard InChI is InChI=1S/C21H32N2O/c1-2-3-4-5-6-7-8-9-15-24-20-19-17(16-13-14-16)11-10-12-18(19)23-21(20)22/h10-12,16,23H,2-9,13-15,22H2,1H3. The maximum atomic E-state index is 6.17. The van der Waals surface area contributed by atoms with Crippen molar-refractivity contribution >= 4 is 16.7 Å². The summed E-state index contributed by atoms with van der Waals surface area (Å²) >= 11 is 0. The summed E-state index contributed by atoms with van der Waals surface area (Å²) in [5.74, 6) is 2.27. The zero-order chi connectivity index (χ0) is 16.8. The normalized spacial score (nSPS) is 14.4. The molecule has 0 unspecified atom stereocenters. The predicted molar refractivity (Wildman–Crippen MR) is 103 cm³/mol. The van der Waals surface area contributed by atoms with E-state index in [1.165, 1.54) is 68.7 Å². The third kappa shape index (κ3) is 4.25. The van der Waals surface area contributed by atoms with Gasteiger partial charge >= 0.3 is 0 Å². The van der Waals surface area contributed by atoms with Crippen LogP contribution >= 0.6 is 0 Å². The first-order chi connectivity index (χ1) is 11.8. The first kappa shape index (κ1) is 17.2. The van der Waals surface area contributed by atoms with Crippen molar-refractivity contribution in [1.29, 1.82) is 0 Å². The molecule has 1 saturated carbocycles. The van der Waals surface area contributed by atoms with Crippen molar-refractivity contribution in [2.45, 2.75) is 77.0 Å². The SMILES string of the molecule is CCCCCCCCCCOc1c(N)[nH]c2cccc(C3CC3)c12. The van der Waals surface area contributed by atoms with Gasteiger partial charge in [0.05, 0.1) is 12.1 Å². The second kappa shape index (κ2) is 8.46. The molecule has 0 radical (unpaired) electrons. The van der Waals surface area contributed by atoms with Gasteiger partial charge in [-0.3, -0.25) is 0 Å². The Balaban J connectivity index is 1.48. The van der Waals surface area contributed by atoms with E-state index in [2.05, 4.69) is 30.1 Å². The summed E-state index contributed by atoms with van der Waals surface area (Å²) in [5.41, 5.74) is 8.69. The zero-order valence-corrected chi connectivity index (χ0v) is 15.1. The van der Waals surface area contributed by atoms with Gasteiger partial charge in [0.25, 0.3) is 0 Å². The molecule has 3 rings (SSSR count). The molecular weight excluding hydrogens is 296 g/mol. The molecular formula is C21H32N2O. The molecule has 0 atom stereocenters. The highest BCUT2D eigenvalue weighted by atomic mass is 16.5. The topological polar surface area (TPSA) is 51.0 Å². The Kier molecular flexibility index (Phi) is 6.06. The molecule has 0 spiro atoms. The van der Waals surface area contributed by atoms with Crippen LogP contribution in [0.4, 0.5) is 5.82 Å². The number of rotatable bonds is 11. The largest absolute Gasteiger partial charge is 0.489 e. The minimum Gasteiger partial charge on any atom is -0.489 e. The van der Waals surface area contributed by atoms with E-state index in [9.17, 15) is 0 Å². The van der Waals surface area contributed by atoms with E-state index in [0.717, 1.165) is 24.3 Å². The first-order valence-corrected chi connectivity index (χ1v) is 9.84. The molecule has 1 heterocycles. The quantitative estimate of drug-likeness (QED) is 0.486. The summed E-state index contributed by atoms with van der Waals surface area (Å²) < 4.78 is 6.10. The van der Waals surface area contributed by atoms with Gasteiger partial charge in [0.2, 0.25) is 0 Å². The van der Waals surface area contributed by atoms with E-state index in [1.54, 1.807) is 0 Å². The lowest BCUT2D eigenvalue weighted by molar-refractivity contribution is 0.309. The Morgan fingerprint density at radius 1 is 1.04 bits per heavy atom. The van der Waals surface area contributed by atoms with Crippen molar-refractivity contribution < 1.29 is 4.74 Å². The second-order valence-electron chi connectivity index (χ2n) is 7.24. The van der Waals surface area contributed by atoms with Crippen LogP contribution in [0.2, 0.25) is 0 Å². The van der Waals surface area contributed by atoms with Crippen LogP contribution in [-0.2, 0) is 0 Å². The molecule has 3 N–H and O–H groups in total. The number of anilines is 1. The number of hydrogen-bond donors (Lipinski definition) is 2. The minimum absolute atomic E-state index is 0.678. The van der Waals surface area contributed by atoms with E-state index in [0.29, 0.717) is 11.7 Å². The van der Waals surface area contributed by atoms with Crippen LogP contribution < -0.4 is 10.5 Å². The van der Waals surface area contributed by atoms with Gasteiger partial charge in [-0.25, -0.2) is 0 Å². The fourth-order valence-electron chi connectivity index (χ4n) is 3.56. The molecule has 1 aliphatic carbocycles. The molecule has 1 fully saturated rings. The van der Waals surface area contributed by atoms with Gasteiger partial charge in [0.15, 0.2) is 5.75 Å². The van der Waals surface area contributed by atoms with Gasteiger partial charge in [0, 0.05) is 5.39 Å². The summed E-state index contributed by atoms with van der Waals surface area (Å²) in [7, 11) is 0. The summed E-state index contributed by atoms with van der Waals surface area (Å²) in [6, 6.07) is 6.45. The Labute approximate surface area is 146 Å². The van der Waals surface area contributed by atoms with Crippen molar-refractivity contribution in [3.05, 3.63) is 23.8 Å². The smallest absolute Gasteiger partial charge is 0.168 e. The van der Waals surface area contributed by atoms with Crippen molar-refractivity contribution in [2.75, 3.05) is 12.3 Å². The maximum absolute atomic E-state index is 6.17. The predicted octanol–water partition coefficient (Wildman–Crippen LogP) is 6.15. The van der Waals surface area contributed by atoms with Crippen molar-refractivity contribution in [3.63, 3.8) is 0 Å². The van der Waals surface area contributed by atoms with E-state index in [4.69, 9.17) is 10.5 Å². The number of ether oxygens (including phenoxy) is 1. The van der Waals surface area contributed by atoms with E-state index in [-0.39, 0.29) is 0 Å². The van der Waals surface area contributed by atoms with Crippen molar-refractivity contribution in [2.24, 2.45) is 0 Å². The molecule has 3 heteroatoms. The zero-order valence-electron chi connectivity index (χ0n) is 15.1.